The van der Waals surface area contributed by atoms with Crippen LogP contribution < -0.4 is 5.32 Å². The summed E-state index contributed by atoms with van der Waals surface area (Å²) in [5.74, 6) is 0.726. The molecule has 3 nitrogen and oxygen atoms in total. The zero-order valence-corrected chi connectivity index (χ0v) is 6.77. The summed E-state index contributed by atoms with van der Waals surface area (Å²) in [4.78, 5) is 14.7. The lowest BCUT2D eigenvalue weighted by Gasteiger charge is -1.99. The molecule has 0 aliphatic carbocycles. The SMILES string of the molecule is CCN=C(C)NC(=O)CC. The Morgan fingerprint density at radius 1 is 1.50 bits per heavy atom. The van der Waals surface area contributed by atoms with Gasteiger partial charge in [-0.15, -0.1) is 0 Å². The predicted octanol–water partition coefficient (Wildman–Crippen LogP) is 0.951. The summed E-state index contributed by atoms with van der Waals surface area (Å²) in [6.45, 7) is 6.25. The molecule has 1 amide bonds. The zero-order valence-electron chi connectivity index (χ0n) is 6.77. The van der Waals surface area contributed by atoms with Gasteiger partial charge in [0, 0.05) is 13.0 Å². The van der Waals surface area contributed by atoms with E-state index in [2.05, 4.69) is 10.3 Å². The fraction of sp³-hybridized carbons (Fsp3) is 0.714. The molecule has 58 valence electrons. The van der Waals surface area contributed by atoms with Crippen molar-refractivity contribution < 1.29 is 4.79 Å². The van der Waals surface area contributed by atoms with E-state index < -0.39 is 0 Å². The standard InChI is InChI=1S/C7H14N2O/c1-4-7(10)9-6(3)8-5-2/h4-5H2,1-3H3,(H,8,9,10). The second-order valence-electron chi connectivity index (χ2n) is 1.96. The number of hydrogen-bond acceptors (Lipinski definition) is 2. The summed E-state index contributed by atoms with van der Waals surface area (Å²) in [7, 11) is 0. The number of carbonyl (C=O) groups is 1. The van der Waals surface area contributed by atoms with Crippen molar-refractivity contribution in [2.45, 2.75) is 27.2 Å². The monoisotopic (exact) mass is 142 g/mol. The third-order valence-corrected chi connectivity index (χ3v) is 1.04. The summed E-state index contributed by atoms with van der Waals surface area (Å²) in [6, 6.07) is 0. The van der Waals surface area contributed by atoms with Gasteiger partial charge >= 0.3 is 0 Å². The van der Waals surface area contributed by atoms with E-state index in [1.807, 2.05) is 13.8 Å². The Bertz CT molecular complexity index is 141. The molecule has 3 heteroatoms. The van der Waals surface area contributed by atoms with Crippen molar-refractivity contribution in [2.24, 2.45) is 4.99 Å². The molecule has 10 heavy (non-hydrogen) atoms. The van der Waals surface area contributed by atoms with Gasteiger partial charge in [-0.2, -0.15) is 0 Å². The second-order valence-corrected chi connectivity index (χ2v) is 1.96. The Morgan fingerprint density at radius 2 is 2.10 bits per heavy atom. The lowest BCUT2D eigenvalue weighted by molar-refractivity contribution is -0.119. The van der Waals surface area contributed by atoms with Crippen molar-refractivity contribution in [3.8, 4) is 0 Å². The van der Waals surface area contributed by atoms with E-state index in [1.54, 1.807) is 6.92 Å². The normalized spacial score (nSPS) is 11.3. The van der Waals surface area contributed by atoms with E-state index in [-0.39, 0.29) is 5.91 Å². The molecule has 0 unspecified atom stereocenters. The minimum atomic E-state index is 0.0229. The second kappa shape index (κ2) is 4.97. The molecule has 0 saturated heterocycles. The van der Waals surface area contributed by atoms with Crippen molar-refractivity contribution >= 4 is 11.7 Å². The van der Waals surface area contributed by atoms with Crippen LogP contribution in [-0.4, -0.2) is 18.3 Å². The Hall–Kier alpha value is -0.860. The van der Waals surface area contributed by atoms with Gasteiger partial charge in [-0.05, 0) is 13.8 Å². The lowest BCUT2D eigenvalue weighted by Crippen LogP contribution is -2.27. The lowest BCUT2D eigenvalue weighted by atomic mass is 10.4. The molecule has 0 aliphatic rings. The van der Waals surface area contributed by atoms with Crippen LogP contribution in [0.3, 0.4) is 0 Å². The maximum atomic E-state index is 10.7. The fourth-order valence-corrected chi connectivity index (χ4v) is 0.567. The summed E-state index contributed by atoms with van der Waals surface area (Å²) >= 11 is 0. The molecule has 0 spiro atoms. The maximum Gasteiger partial charge on any atom is 0.224 e. The van der Waals surface area contributed by atoms with Gasteiger partial charge in [0.1, 0.15) is 0 Å². The molecule has 0 aromatic carbocycles. The predicted molar refractivity (Wildman–Crippen MR) is 42.1 cm³/mol. The molecule has 0 saturated carbocycles. The molecule has 0 fully saturated rings. The summed E-state index contributed by atoms with van der Waals surface area (Å²) < 4.78 is 0. The molecule has 0 aliphatic heterocycles. The minimum absolute atomic E-state index is 0.0229. The molecule has 0 atom stereocenters. The van der Waals surface area contributed by atoms with Gasteiger partial charge < -0.3 is 5.32 Å². The van der Waals surface area contributed by atoms with Crippen LogP contribution in [0, 0.1) is 0 Å². The van der Waals surface area contributed by atoms with Crippen molar-refractivity contribution in [3.05, 3.63) is 0 Å². The highest BCUT2D eigenvalue weighted by Gasteiger charge is 1.95. The van der Waals surface area contributed by atoms with Crippen LogP contribution in [0.1, 0.15) is 27.2 Å². The van der Waals surface area contributed by atoms with E-state index in [9.17, 15) is 4.79 Å². The Balaban J connectivity index is 3.67. The molecular weight excluding hydrogens is 128 g/mol. The number of hydrogen-bond donors (Lipinski definition) is 1. The highest BCUT2D eigenvalue weighted by Crippen LogP contribution is 1.77. The quantitative estimate of drug-likeness (QED) is 0.452. The fourth-order valence-electron chi connectivity index (χ4n) is 0.567. The largest absolute Gasteiger partial charge is 0.315 e. The van der Waals surface area contributed by atoms with Crippen molar-refractivity contribution in [2.75, 3.05) is 6.54 Å². The van der Waals surface area contributed by atoms with Crippen molar-refractivity contribution in [1.82, 2.24) is 5.32 Å². The Kier molecular flexibility index (Phi) is 4.54. The first-order chi connectivity index (χ1) is 4.70. The van der Waals surface area contributed by atoms with Gasteiger partial charge in [-0.1, -0.05) is 6.92 Å². The number of amides is 1. The molecule has 0 rings (SSSR count). The van der Waals surface area contributed by atoms with E-state index in [0.29, 0.717) is 12.3 Å². The van der Waals surface area contributed by atoms with Crippen LogP contribution in [0.4, 0.5) is 0 Å². The molecule has 0 aromatic heterocycles. The van der Waals surface area contributed by atoms with Gasteiger partial charge in [-0.25, -0.2) is 0 Å². The highest BCUT2D eigenvalue weighted by atomic mass is 16.1. The number of aliphatic imine (C=N–C) groups is 1. The Labute approximate surface area is 61.5 Å². The molecule has 0 aromatic rings. The van der Waals surface area contributed by atoms with E-state index >= 15 is 0 Å². The number of nitrogens with zero attached hydrogens (tertiary/aromatic N) is 1. The van der Waals surface area contributed by atoms with Crippen LogP contribution in [0.15, 0.2) is 4.99 Å². The van der Waals surface area contributed by atoms with Crippen LogP contribution in [0.25, 0.3) is 0 Å². The maximum absolute atomic E-state index is 10.7. The average Bonchev–Trinajstić information content (AvgIpc) is 1.88. The number of carbonyl (C=O) groups excluding carboxylic acids is 1. The van der Waals surface area contributed by atoms with Gasteiger partial charge in [0.2, 0.25) is 5.91 Å². The topological polar surface area (TPSA) is 41.5 Å². The highest BCUT2D eigenvalue weighted by molar-refractivity contribution is 5.96. The van der Waals surface area contributed by atoms with Gasteiger partial charge in [0.15, 0.2) is 0 Å². The molecular formula is C7H14N2O. The van der Waals surface area contributed by atoms with Crippen LogP contribution in [0.2, 0.25) is 0 Å². The van der Waals surface area contributed by atoms with Gasteiger partial charge in [0.05, 0.1) is 5.84 Å². The van der Waals surface area contributed by atoms with E-state index in [1.165, 1.54) is 0 Å². The van der Waals surface area contributed by atoms with Gasteiger partial charge in [-0.3, -0.25) is 9.79 Å². The summed E-state index contributed by atoms with van der Waals surface area (Å²) in [5.41, 5.74) is 0. The molecule has 1 N–H and O–H groups in total. The Morgan fingerprint density at radius 3 is 2.50 bits per heavy atom. The number of nitrogens with one attached hydrogen (secondary N) is 1. The van der Waals surface area contributed by atoms with E-state index in [4.69, 9.17) is 0 Å². The summed E-state index contributed by atoms with van der Waals surface area (Å²) in [6.07, 6.45) is 0.510. The van der Waals surface area contributed by atoms with Crippen LogP contribution in [0.5, 0.6) is 0 Å². The zero-order chi connectivity index (χ0) is 7.98. The third-order valence-electron chi connectivity index (χ3n) is 1.04. The smallest absolute Gasteiger partial charge is 0.224 e. The van der Waals surface area contributed by atoms with Crippen molar-refractivity contribution in [3.63, 3.8) is 0 Å². The first-order valence-corrected chi connectivity index (χ1v) is 3.51. The van der Waals surface area contributed by atoms with Crippen LogP contribution in [-0.2, 0) is 4.79 Å². The van der Waals surface area contributed by atoms with Crippen LogP contribution >= 0.6 is 0 Å². The van der Waals surface area contributed by atoms with Crippen molar-refractivity contribution in [1.29, 1.82) is 0 Å². The van der Waals surface area contributed by atoms with E-state index in [0.717, 1.165) is 6.54 Å². The van der Waals surface area contributed by atoms with Gasteiger partial charge in [0.25, 0.3) is 0 Å². The minimum Gasteiger partial charge on any atom is -0.315 e. The number of amidine groups is 1. The molecule has 0 bridgehead atoms. The first kappa shape index (κ1) is 9.14. The molecule has 0 heterocycles. The first-order valence-electron chi connectivity index (χ1n) is 3.51. The average molecular weight is 142 g/mol. The number of rotatable bonds is 2. The summed E-state index contributed by atoms with van der Waals surface area (Å²) in [5, 5.41) is 2.64. The third kappa shape index (κ3) is 4.06. The molecule has 0 radical (unpaired) electrons.